The first kappa shape index (κ1) is 33.5. The topological polar surface area (TPSA) is 15.3 Å². The van der Waals surface area contributed by atoms with Gasteiger partial charge in [-0.05, 0) is 97.5 Å². The van der Waals surface area contributed by atoms with E-state index in [-0.39, 0.29) is 12.9 Å². The molecule has 1 aliphatic carbocycles. The van der Waals surface area contributed by atoms with Gasteiger partial charge in [-0.15, -0.1) is 0 Å². The van der Waals surface area contributed by atoms with E-state index in [9.17, 15) is 0 Å². The first-order chi connectivity index (χ1) is 27.8. The third-order valence-corrected chi connectivity index (χ3v) is 11.2. The van der Waals surface area contributed by atoms with Crippen LogP contribution in [0.1, 0.15) is 17.0 Å². The molecule has 56 heavy (non-hydrogen) atoms. The summed E-state index contributed by atoms with van der Waals surface area (Å²) in [5, 5.41) is 4.09. The van der Waals surface area contributed by atoms with Gasteiger partial charge in [0.25, 0.3) is 0 Å². The smallest absolute Gasteiger partial charge is 0.405 e. The summed E-state index contributed by atoms with van der Waals surface area (Å²) in [5.41, 5.74) is 18.1. The minimum atomic E-state index is -0.205. The van der Waals surface area contributed by atoms with Crippen LogP contribution in [0.15, 0.2) is 224 Å². The zero-order chi connectivity index (χ0) is 37.3. The highest BCUT2D eigenvalue weighted by atomic mass is 15.2. The Morgan fingerprint density at radius 3 is 1.55 bits per heavy atom. The number of hydrogen-bond acceptors (Lipinski definition) is 2. The number of benzene rings is 8. The van der Waals surface area contributed by atoms with Gasteiger partial charge in [-0.3, -0.25) is 0 Å². The molecule has 1 aliphatic heterocycles. The lowest BCUT2D eigenvalue weighted by Crippen LogP contribution is -2.56. The maximum absolute atomic E-state index is 4.09. The van der Waals surface area contributed by atoms with Crippen LogP contribution in [0.3, 0.4) is 0 Å². The summed E-state index contributed by atoms with van der Waals surface area (Å²) in [6.07, 6.45) is 7.07. The Hall–Kier alpha value is -7.10. The van der Waals surface area contributed by atoms with Crippen molar-refractivity contribution in [2.45, 2.75) is 5.92 Å². The highest BCUT2D eigenvalue weighted by molar-refractivity contribution is 6.83. The molecule has 1 heterocycles. The van der Waals surface area contributed by atoms with Crippen LogP contribution in [-0.2, 0) is 0 Å². The molecular weight excluding hydrogens is 675 g/mol. The van der Waals surface area contributed by atoms with E-state index in [4.69, 9.17) is 0 Å². The highest BCUT2D eigenvalue weighted by Crippen LogP contribution is 2.44. The molecule has 0 aromatic heterocycles. The second-order valence-electron chi connectivity index (χ2n) is 14.6. The lowest BCUT2D eigenvalue weighted by atomic mass is 9.56. The summed E-state index contributed by atoms with van der Waals surface area (Å²) in [6, 6.07) is 74.5. The largest absolute Gasteiger partial charge is 0.414 e. The molecule has 2 aliphatic rings. The molecule has 3 heteroatoms. The third-order valence-electron chi connectivity index (χ3n) is 11.2. The predicted octanol–water partition coefficient (Wildman–Crippen LogP) is 13.1. The molecule has 0 saturated carbocycles. The number of rotatable bonds is 8. The summed E-state index contributed by atoms with van der Waals surface area (Å²) in [4.78, 5) is 2.51. The zero-order valence-electron chi connectivity index (χ0n) is 31.0. The summed E-state index contributed by atoms with van der Waals surface area (Å²) in [7, 11) is 0. The molecule has 0 spiro atoms. The van der Waals surface area contributed by atoms with Crippen LogP contribution in [0.5, 0.6) is 0 Å². The van der Waals surface area contributed by atoms with Crippen molar-refractivity contribution < 1.29 is 0 Å². The Morgan fingerprint density at radius 1 is 0.429 bits per heavy atom. The van der Waals surface area contributed by atoms with Crippen LogP contribution in [0.25, 0.3) is 50.1 Å². The monoisotopic (exact) mass is 714 g/mol. The molecule has 0 fully saturated rings. The Balaban J connectivity index is 1.16. The van der Waals surface area contributed by atoms with E-state index in [2.05, 4.69) is 235 Å². The van der Waals surface area contributed by atoms with Gasteiger partial charge in [-0.2, -0.15) is 0 Å². The molecule has 1 unspecified atom stereocenters. The van der Waals surface area contributed by atoms with Gasteiger partial charge < -0.3 is 10.0 Å². The van der Waals surface area contributed by atoms with Crippen LogP contribution >= 0.6 is 0 Å². The number of nitrogens with zero attached hydrogens (tertiary/aromatic N) is 1. The van der Waals surface area contributed by atoms with Gasteiger partial charge in [-0.1, -0.05) is 188 Å². The van der Waals surface area contributed by atoms with Crippen molar-refractivity contribution in [3.05, 3.63) is 236 Å². The van der Waals surface area contributed by atoms with Gasteiger partial charge in [0.1, 0.15) is 0 Å². The minimum absolute atomic E-state index is 0.117. The van der Waals surface area contributed by atoms with Crippen molar-refractivity contribution in [1.82, 2.24) is 0 Å². The first-order valence-electron chi connectivity index (χ1n) is 19.4. The lowest BCUT2D eigenvalue weighted by molar-refractivity contribution is 1.11. The fourth-order valence-corrected chi connectivity index (χ4v) is 8.40. The van der Waals surface area contributed by atoms with Gasteiger partial charge in [-0.25, -0.2) is 0 Å². The molecule has 1 N–H and O–H groups in total. The molecule has 0 radical (unpaired) electrons. The van der Waals surface area contributed by atoms with Gasteiger partial charge in [0.15, 0.2) is 0 Å². The van der Waals surface area contributed by atoms with Gasteiger partial charge >= 0.3 is 6.98 Å². The van der Waals surface area contributed by atoms with Crippen molar-refractivity contribution in [2.24, 2.45) is 0 Å². The number of allylic oxidation sites excluding steroid dienone is 4. The number of fused-ring (bicyclic) bond motifs is 3. The molecule has 8 aromatic carbocycles. The highest BCUT2D eigenvalue weighted by Gasteiger charge is 2.40. The van der Waals surface area contributed by atoms with Crippen molar-refractivity contribution in [1.29, 1.82) is 0 Å². The number of anilines is 3. The fraction of sp³-hybridized carbons (Fsp3) is 0.0189. The quantitative estimate of drug-likeness (QED) is 0.158. The second kappa shape index (κ2) is 14.6. The van der Waals surface area contributed by atoms with E-state index >= 15 is 0 Å². The van der Waals surface area contributed by atoms with Crippen LogP contribution < -0.4 is 15.5 Å². The molecule has 10 rings (SSSR count). The second-order valence-corrected chi connectivity index (χ2v) is 14.6. The number of nitrogens with one attached hydrogen (secondary N) is 1. The van der Waals surface area contributed by atoms with Gasteiger partial charge in [0, 0.05) is 28.5 Å². The van der Waals surface area contributed by atoms with Crippen LogP contribution in [-0.4, -0.2) is 6.98 Å². The van der Waals surface area contributed by atoms with E-state index < -0.39 is 0 Å². The lowest BCUT2D eigenvalue weighted by Gasteiger charge is -2.40. The van der Waals surface area contributed by atoms with Crippen molar-refractivity contribution in [3.63, 3.8) is 0 Å². The van der Waals surface area contributed by atoms with E-state index in [1.807, 2.05) is 0 Å². The molecule has 0 amide bonds. The normalized spacial score (nSPS) is 14.2. The van der Waals surface area contributed by atoms with E-state index in [0.29, 0.717) is 0 Å². The third kappa shape index (κ3) is 6.34. The van der Waals surface area contributed by atoms with Gasteiger partial charge in [0.2, 0.25) is 0 Å². The standard InChI is InChI=1S/C53H39BN2/c1-5-14-38(15-6-1)42-26-31-47(32-27-42)55-54-53-49(46-25-24-44(36-46)40-18-9-3-10-19-40)22-13-23-50(53)51-37-45(41-20-11-4-12-21-41)30-35-52(51)56(54)48-33-28-43(29-34-48)39-16-7-2-8-17-39/h1-37,46,55H. The van der Waals surface area contributed by atoms with Crippen LogP contribution in [0.4, 0.5) is 17.1 Å². The average Bonchev–Trinajstić information content (AvgIpc) is 3.78. The first-order valence-corrected chi connectivity index (χ1v) is 19.4. The average molecular weight is 715 g/mol. The van der Waals surface area contributed by atoms with Crippen LogP contribution in [0, 0.1) is 0 Å². The Kier molecular flexibility index (Phi) is 8.74. The molecule has 2 nitrogen and oxygen atoms in total. The molecule has 8 aromatic rings. The minimum Gasteiger partial charge on any atom is -0.405 e. The summed E-state index contributed by atoms with van der Waals surface area (Å²) in [6.45, 7) is -0.205. The Labute approximate surface area is 329 Å². The molecule has 0 bridgehead atoms. The van der Waals surface area contributed by atoms with Crippen molar-refractivity contribution >= 4 is 35.1 Å². The molecule has 264 valence electrons. The van der Waals surface area contributed by atoms with Crippen molar-refractivity contribution in [2.75, 3.05) is 10.0 Å². The van der Waals surface area contributed by atoms with E-state index in [1.54, 1.807) is 0 Å². The summed E-state index contributed by atoms with van der Waals surface area (Å²) >= 11 is 0. The maximum atomic E-state index is 4.09. The van der Waals surface area contributed by atoms with Crippen molar-refractivity contribution in [3.8, 4) is 44.5 Å². The number of hydrogen-bond donors (Lipinski definition) is 1. The Morgan fingerprint density at radius 2 is 0.946 bits per heavy atom. The Bertz CT molecular complexity index is 2690. The fourth-order valence-electron chi connectivity index (χ4n) is 8.40. The summed E-state index contributed by atoms with van der Waals surface area (Å²) in [5.74, 6) is 0.117. The molecule has 0 saturated heterocycles. The van der Waals surface area contributed by atoms with Gasteiger partial charge in [0.05, 0.1) is 0 Å². The zero-order valence-corrected chi connectivity index (χ0v) is 31.0. The maximum Gasteiger partial charge on any atom is 0.414 e. The molecular formula is C53H39BN2. The SMILES string of the molecule is C1=CC(c2cccc3c2B(Nc2ccc(-c4ccccc4)cc2)N(c2ccc(-c4ccccc4)cc2)c2ccc(-c4ccccc4)cc2-3)C=C1c1ccccc1. The predicted molar refractivity (Wildman–Crippen MR) is 239 cm³/mol. The van der Waals surface area contributed by atoms with Crippen LogP contribution in [0.2, 0.25) is 0 Å². The van der Waals surface area contributed by atoms with E-state index in [0.717, 1.165) is 11.4 Å². The summed E-state index contributed by atoms with van der Waals surface area (Å²) < 4.78 is 0. The van der Waals surface area contributed by atoms with E-state index in [1.165, 1.54) is 72.4 Å². The molecule has 1 atom stereocenters.